The Morgan fingerprint density at radius 2 is 2.19 bits per heavy atom. The summed E-state index contributed by atoms with van der Waals surface area (Å²) in [5.41, 5.74) is -0.901. The predicted molar refractivity (Wildman–Crippen MR) is 56.3 cm³/mol. The lowest BCUT2D eigenvalue weighted by molar-refractivity contribution is 0.0694. The molecule has 6 heteroatoms. The molecule has 1 aromatic heterocycles. The first-order valence-electron chi connectivity index (χ1n) is 5.20. The van der Waals surface area contributed by atoms with Gasteiger partial charge >= 0.3 is 5.97 Å². The SMILES string of the molecule is O=C(O)c1cnc(CN2CCCC2)[nH]c1=O. The van der Waals surface area contributed by atoms with Crippen LogP contribution in [0.25, 0.3) is 0 Å². The fraction of sp³-hybridized carbons (Fsp3) is 0.500. The van der Waals surface area contributed by atoms with Gasteiger partial charge in [-0.3, -0.25) is 9.69 Å². The molecule has 1 aromatic rings. The summed E-state index contributed by atoms with van der Waals surface area (Å²) in [7, 11) is 0. The number of likely N-dealkylation sites (tertiary alicyclic amines) is 1. The Morgan fingerprint density at radius 3 is 2.75 bits per heavy atom. The molecule has 0 spiro atoms. The van der Waals surface area contributed by atoms with Gasteiger partial charge in [-0.25, -0.2) is 9.78 Å². The van der Waals surface area contributed by atoms with Gasteiger partial charge in [-0.1, -0.05) is 0 Å². The number of aromatic amines is 1. The number of rotatable bonds is 3. The van der Waals surface area contributed by atoms with Crippen LogP contribution in [0.5, 0.6) is 0 Å². The minimum Gasteiger partial charge on any atom is -0.477 e. The monoisotopic (exact) mass is 223 g/mol. The highest BCUT2D eigenvalue weighted by Crippen LogP contribution is 2.09. The first-order chi connectivity index (χ1) is 7.66. The van der Waals surface area contributed by atoms with Crippen molar-refractivity contribution in [3.8, 4) is 0 Å². The molecule has 2 N–H and O–H groups in total. The van der Waals surface area contributed by atoms with Crippen molar-refractivity contribution in [3.63, 3.8) is 0 Å². The van der Waals surface area contributed by atoms with E-state index in [1.54, 1.807) is 0 Å². The van der Waals surface area contributed by atoms with Crippen molar-refractivity contribution in [2.24, 2.45) is 0 Å². The second-order valence-electron chi connectivity index (χ2n) is 3.86. The molecular weight excluding hydrogens is 210 g/mol. The maximum Gasteiger partial charge on any atom is 0.342 e. The third-order valence-electron chi connectivity index (χ3n) is 2.65. The van der Waals surface area contributed by atoms with Crippen LogP contribution in [0, 0.1) is 0 Å². The smallest absolute Gasteiger partial charge is 0.342 e. The lowest BCUT2D eigenvalue weighted by Crippen LogP contribution is -2.25. The molecule has 6 nitrogen and oxygen atoms in total. The Kier molecular flexibility index (Phi) is 3.00. The van der Waals surface area contributed by atoms with Gasteiger partial charge in [-0.2, -0.15) is 0 Å². The van der Waals surface area contributed by atoms with Crippen molar-refractivity contribution in [1.29, 1.82) is 0 Å². The molecule has 0 aromatic carbocycles. The average molecular weight is 223 g/mol. The van der Waals surface area contributed by atoms with Gasteiger partial charge in [0.05, 0.1) is 6.54 Å². The molecule has 0 unspecified atom stereocenters. The van der Waals surface area contributed by atoms with E-state index in [0.717, 1.165) is 32.1 Å². The summed E-state index contributed by atoms with van der Waals surface area (Å²) in [6.45, 7) is 2.59. The summed E-state index contributed by atoms with van der Waals surface area (Å²) in [6, 6.07) is 0. The number of hydrogen-bond donors (Lipinski definition) is 2. The zero-order valence-electron chi connectivity index (χ0n) is 8.77. The van der Waals surface area contributed by atoms with Gasteiger partial charge in [0.1, 0.15) is 11.4 Å². The molecule has 1 saturated heterocycles. The normalized spacial score (nSPS) is 16.5. The maximum atomic E-state index is 11.4. The Morgan fingerprint density at radius 1 is 1.50 bits per heavy atom. The number of nitrogens with one attached hydrogen (secondary N) is 1. The van der Waals surface area contributed by atoms with Crippen LogP contribution < -0.4 is 5.56 Å². The van der Waals surface area contributed by atoms with Gasteiger partial charge in [-0.05, 0) is 25.9 Å². The molecule has 0 saturated carbocycles. The highest BCUT2D eigenvalue weighted by Gasteiger charge is 2.14. The zero-order valence-corrected chi connectivity index (χ0v) is 8.77. The molecule has 1 fully saturated rings. The van der Waals surface area contributed by atoms with E-state index in [-0.39, 0.29) is 5.56 Å². The Labute approximate surface area is 91.9 Å². The van der Waals surface area contributed by atoms with E-state index in [9.17, 15) is 9.59 Å². The van der Waals surface area contributed by atoms with E-state index in [2.05, 4.69) is 14.9 Å². The van der Waals surface area contributed by atoms with Gasteiger partial charge in [-0.15, -0.1) is 0 Å². The van der Waals surface area contributed by atoms with Gasteiger partial charge < -0.3 is 10.1 Å². The fourth-order valence-corrected chi connectivity index (χ4v) is 1.82. The van der Waals surface area contributed by atoms with Crippen LogP contribution in [-0.4, -0.2) is 39.0 Å². The Hall–Kier alpha value is -1.69. The second-order valence-corrected chi connectivity index (χ2v) is 3.86. The summed E-state index contributed by atoms with van der Waals surface area (Å²) in [6.07, 6.45) is 3.45. The van der Waals surface area contributed by atoms with Gasteiger partial charge in [0.15, 0.2) is 0 Å². The number of nitrogens with zero attached hydrogens (tertiary/aromatic N) is 2. The van der Waals surface area contributed by atoms with Crippen molar-refractivity contribution in [3.05, 3.63) is 27.9 Å². The molecule has 0 amide bonds. The lowest BCUT2D eigenvalue weighted by atomic mass is 10.3. The maximum absolute atomic E-state index is 11.4. The molecular formula is C10H13N3O3. The van der Waals surface area contributed by atoms with E-state index in [1.807, 2.05) is 0 Å². The van der Waals surface area contributed by atoms with Crippen molar-refractivity contribution < 1.29 is 9.90 Å². The van der Waals surface area contributed by atoms with Crippen molar-refractivity contribution >= 4 is 5.97 Å². The topological polar surface area (TPSA) is 86.3 Å². The van der Waals surface area contributed by atoms with Gasteiger partial charge in [0.25, 0.3) is 5.56 Å². The molecule has 2 heterocycles. The molecule has 1 aliphatic rings. The molecule has 0 aliphatic carbocycles. The van der Waals surface area contributed by atoms with Crippen LogP contribution in [0.4, 0.5) is 0 Å². The third kappa shape index (κ3) is 2.27. The first-order valence-corrected chi connectivity index (χ1v) is 5.20. The number of carbonyl (C=O) groups is 1. The number of carboxylic acids is 1. The minimum atomic E-state index is -1.25. The van der Waals surface area contributed by atoms with Crippen LogP contribution >= 0.6 is 0 Å². The summed E-state index contributed by atoms with van der Waals surface area (Å²) in [4.78, 5) is 30.6. The number of aromatic nitrogens is 2. The standard InChI is InChI=1S/C10H13N3O3/c14-9-7(10(15)16)5-11-8(12-9)6-13-3-1-2-4-13/h5H,1-4,6H2,(H,15,16)(H,11,12,14). The molecule has 0 radical (unpaired) electrons. The van der Waals surface area contributed by atoms with Gasteiger partial charge in [0.2, 0.25) is 0 Å². The largest absolute Gasteiger partial charge is 0.477 e. The Bertz CT molecular complexity index is 449. The first kappa shape index (κ1) is 10.8. The zero-order chi connectivity index (χ0) is 11.5. The van der Waals surface area contributed by atoms with Crippen LogP contribution in [-0.2, 0) is 6.54 Å². The van der Waals surface area contributed by atoms with Crippen LogP contribution in [0.15, 0.2) is 11.0 Å². The molecule has 1 aliphatic heterocycles. The summed E-state index contributed by atoms with van der Waals surface area (Å²) in [5.74, 6) is -0.724. The Balaban J connectivity index is 2.14. The molecule has 0 atom stereocenters. The number of aromatic carboxylic acids is 1. The third-order valence-corrected chi connectivity index (χ3v) is 2.65. The molecule has 0 bridgehead atoms. The van der Waals surface area contributed by atoms with E-state index in [1.165, 1.54) is 0 Å². The van der Waals surface area contributed by atoms with Crippen molar-refractivity contribution in [2.75, 3.05) is 13.1 Å². The summed E-state index contributed by atoms with van der Waals surface area (Å²) >= 11 is 0. The van der Waals surface area contributed by atoms with Gasteiger partial charge in [0, 0.05) is 6.20 Å². The quantitative estimate of drug-likeness (QED) is 0.757. The number of carboxylic acid groups (broad SMARTS) is 1. The summed E-state index contributed by atoms with van der Waals surface area (Å²) < 4.78 is 0. The van der Waals surface area contributed by atoms with Crippen LogP contribution in [0.3, 0.4) is 0 Å². The summed E-state index contributed by atoms with van der Waals surface area (Å²) in [5, 5.41) is 8.67. The van der Waals surface area contributed by atoms with Crippen molar-refractivity contribution in [2.45, 2.75) is 19.4 Å². The predicted octanol–water partition coefficient (Wildman–Crippen LogP) is 0.0639. The lowest BCUT2D eigenvalue weighted by Gasteiger charge is -2.12. The number of hydrogen-bond acceptors (Lipinski definition) is 4. The molecule has 16 heavy (non-hydrogen) atoms. The highest BCUT2D eigenvalue weighted by molar-refractivity contribution is 5.86. The fourth-order valence-electron chi connectivity index (χ4n) is 1.82. The van der Waals surface area contributed by atoms with Crippen LogP contribution in [0.2, 0.25) is 0 Å². The van der Waals surface area contributed by atoms with E-state index in [0.29, 0.717) is 12.4 Å². The minimum absolute atomic E-state index is 0.315. The molecule has 2 rings (SSSR count). The van der Waals surface area contributed by atoms with Crippen LogP contribution in [0.1, 0.15) is 29.0 Å². The highest BCUT2D eigenvalue weighted by atomic mass is 16.4. The molecule has 86 valence electrons. The van der Waals surface area contributed by atoms with E-state index in [4.69, 9.17) is 5.11 Å². The van der Waals surface area contributed by atoms with Crippen molar-refractivity contribution in [1.82, 2.24) is 14.9 Å². The number of H-pyrrole nitrogens is 1. The second kappa shape index (κ2) is 4.44. The average Bonchev–Trinajstić information content (AvgIpc) is 2.70. The van der Waals surface area contributed by atoms with E-state index >= 15 is 0 Å². The van der Waals surface area contributed by atoms with E-state index < -0.39 is 11.5 Å².